The predicted molar refractivity (Wildman–Crippen MR) is 81.6 cm³/mol. The number of nitrogens with two attached hydrogens (primary N) is 1. The average Bonchev–Trinajstić information content (AvgIpc) is 2.52. The molecule has 3 rings (SSSR count). The summed E-state index contributed by atoms with van der Waals surface area (Å²) in [6.45, 7) is 0.565. The zero-order chi connectivity index (χ0) is 14.7. The molecule has 0 radical (unpaired) electrons. The molecule has 0 saturated heterocycles. The minimum absolute atomic E-state index is 0.269. The fourth-order valence-corrected chi connectivity index (χ4v) is 2.20. The van der Waals surface area contributed by atoms with Gasteiger partial charge < -0.3 is 10.5 Å². The quantitative estimate of drug-likeness (QED) is 0.802. The lowest BCUT2D eigenvalue weighted by atomic mass is 10.2. The third kappa shape index (κ3) is 2.94. The van der Waals surface area contributed by atoms with Gasteiger partial charge in [-0.25, -0.2) is 9.97 Å². The normalized spacial score (nSPS) is 10.8. The Morgan fingerprint density at radius 3 is 2.67 bits per heavy atom. The summed E-state index contributed by atoms with van der Waals surface area (Å²) in [6.07, 6.45) is 5.85. The largest absolute Gasteiger partial charge is 0.422 e. The second-order valence-corrected chi connectivity index (χ2v) is 4.87. The van der Waals surface area contributed by atoms with Crippen LogP contribution in [0, 0.1) is 0 Å². The molecule has 2 heterocycles. The number of halogens is 1. The Bertz CT molecular complexity index is 761. The molecule has 0 fully saturated rings. The van der Waals surface area contributed by atoms with Crippen molar-refractivity contribution < 1.29 is 4.74 Å². The molecule has 0 aliphatic heterocycles. The number of rotatable bonds is 4. The van der Waals surface area contributed by atoms with Crippen molar-refractivity contribution in [3.05, 3.63) is 53.4 Å². The van der Waals surface area contributed by atoms with Crippen LogP contribution in [0.25, 0.3) is 10.9 Å². The Balaban J connectivity index is 1.93. The van der Waals surface area contributed by atoms with Crippen LogP contribution in [0.5, 0.6) is 11.8 Å². The van der Waals surface area contributed by atoms with Gasteiger partial charge in [0.2, 0.25) is 0 Å². The van der Waals surface area contributed by atoms with Crippen LogP contribution < -0.4 is 10.5 Å². The van der Waals surface area contributed by atoms with Gasteiger partial charge in [-0.15, -0.1) is 0 Å². The summed E-state index contributed by atoms with van der Waals surface area (Å²) < 4.78 is 5.71. The van der Waals surface area contributed by atoms with Gasteiger partial charge >= 0.3 is 6.01 Å². The molecule has 0 aliphatic carbocycles. The van der Waals surface area contributed by atoms with Crippen LogP contribution in [0.4, 0.5) is 0 Å². The van der Waals surface area contributed by atoms with E-state index in [0.29, 0.717) is 22.8 Å². The molecule has 2 aromatic heterocycles. The lowest BCUT2D eigenvalue weighted by Crippen LogP contribution is -2.03. The number of aromatic nitrogens is 3. The second kappa shape index (κ2) is 6.03. The molecule has 0 spiro atoms. The Morgan fingerprint density at radius 1 is 1.10 bits per heavy atom. The lowest BCUT2D eigenvalue weighted by Gasteiger charge is -2.08. The van der Waals surface area contributed by atoms with E-state index in [-0.39, 0.29) is 6.01 Å². The summed E-state index contributed by atoms with van der Waals surface area (Å²) in [6, 6.07) is 7.52. The van der Waals surface area contributed by atoms with E-state index in [2.05, 4.69) is 15.0 Å². The van der Waals surface area contributed by atoms with Crippen LogP contribution in [-0.4, -0.2) is 21.5 Å². The zero-order valence-corrected chi connectivity index (χ0v) is 11.9. The van der Waals surface area contributed by atoms with Crippen LogP contribution in [0.2, 0.25) is 5.02 Å². The molecule has 0 amide bonds. The maximum atomic E-state index is 6.15. The van der Waals surface area contributed by atoms with Crippen molar-refractivity contribution in [1.82, 2.24) is 15.0 Å². The molecule has 0 bridgehead atoms. The molecule has 6 heteroatoms. The van der Waals surface area contributed by atoms with Crippen molar-refractivity contribution in [2.24, 2.45) is 5.73 Å². The van der Waals surface area contributed by atoms with E-state index in [4.69, 9.17) is 22.1 Å². The van der Waals surface area contributed by atoms with Crippen LogP contribution in [0.3, 0.4) is 0 Å². The summed E-state index contributed by atoms with van der Waals surface area (Å²) in [5.41, 5.74) is 7.15. The van der Waals surface area contributed by atoms with Crippen molar-refractivity contribution in [1.29, 1.82) is 0 Å². The van der Waals surface area contributed by atoms with Gasteiger partial charge in [0.25, 0.3) is 0 Å². The fourth-order valence-electron chi connectivity index (χ4n) is 1.98. The number of benzene rings is 1. The maximum absolute atomic E-state index is 6.15. The fraction of sp³-hybridized carbons (Fsp3) is 0.133. The number of pyridine rings is 1. The van der Waals surface area contributed by atoms with E-state index in [1.54, 1.807) is 30.7 Å². The first-order valence-corrected chi connectivity index (χ1v) is 6.88. The molecule has 0 unspecified atom stereocenters. The van der Waals surface area contributed by atoms with Gasteiger partial charge in [0.1, 0.15) is 5.52 Å². The average molecular weight is 301 g/mol. The van der Waals surface area contributed by atoms with E-state index in [1.165, 1.54) is 0 Å². The highest BCUT2D eigenvalue weighted by Crippen LogP contribution is 2.31. The van der Waals surface area contributed by atoms with Crippen molar-refractivity contribution >= 4 is 22.5 Å². The molecule has 0 atom stereocenters. The van der Waals surface area contributed by atoms with Crippen LogP contribution in [-0.2, 0) is 6.42 Å². The summed E-state index contributed by atoms with van der Waals surface area (Å²) >= 11 is 6.15. The Kier molecular flexibility index (Phi) is 3.94. The molecule has 21 heavy (non-hydrogen) atoms. The van der Waals surface area contributed by atoms with Gasteiger partial charge in [0.05, 0.1) is 5.02 Å². The summed E-state index contributed by atoms with van der Waals surface area (Å²) in [7, 11) is 0. The Morgan fingerprint density at radius 2 is 1.90 bits per heavy atom. The number of hydrogen-bond acceptors (Lipinski definition) is 5. The number of ether oxygens (including phenoxy) is 1. The molecule has 1 aromatic carbocycles. The first kappa shape index (κ1) is 13.7. The molecule has 106 valence electrons. The van der Waals surface area contributed by atoms with Gasteiger partial charge in [0.15, 0.2) is 5.75 Å². The van der Waals surface area contributed by atoms with Gasteiger partial charge in [-0.05, 0) is 42.8 Å². The third-order valence-electron chi connectivity index (χ3n) is 3.00. The highest BCUT2D eigenvalue weighted by molar-refractivity contribution is 6.35. The second-order valence-electron chi connectivity index (χ2n) is 4.46. The van der Waals surface area contributed by atoms with Crippen molar-refractivity contribution in [3.8, 4) is 11.8 Å². The van der Waals surface area contributed by atoms with Gasteiger partial charge in [0, 0.05) is 24.0 Å². The van der Waals surface area contributed by atoms with E-state index >= 15 is 0 Å². The van der Waals surface area contributed by atoms with Crippen LogP contribution in [0.1, 0.15) is 5.56 Å². The first-order chi connectivity index (χ1) is 10.3. The van der Waals surface area contributed by atoms with Gasteiger partial charge in [-0.3, -0.25) is 4.98 Å². The smallest absolute Gasteiger partial charge is 0.321 e. The minimum atomic E-state index is 0.269. The Hall–Kier alpha value is -2.24. The molecular weight excluding hydrogens is 288 g/mol. The number of fused-ring (bicyclic) bond motifs is 1. The third-order valence-corrected chi connectivity index (χ3v) is 3.32. The van der Waals surface area contributed by atoms with E-state index in [0.717, 1.165) is 17.4 Å². The minimum Gasteiger partial charge on any atom is -0.422 e. The highest BCUT2D eigenvalue weighted by atomic mass is 35.5. The molecule has 0 saturated carbocycles. The molecular formula is C15H13ClN4O. The summed E-state index contributed by atoms with van der Waals surface area (Å²) in [5, 5.41) is 1.46. The SMILES string of the molecule is NCCc1cnc(Oc2ccc(Cl)c3cccnc23)nc1. The zero-order valence-electron chi connectivity index (χ0n) is 11.2. The standard InChI is InChI=1S/C15H13ClN4O/c16-12-3-4-13(14-11(12)2-1-7-18-14)21-15-19-8-10(5-6-17)9-20-15/h1-4,7-9H,5-6,17H2. The van der Waals surface area contributed by atoms with Crippen molar-refractivity contribution in [2.75, 3.05) is 6.54 Å². The van der Waals surface area contributed by atoms with E-state index < -0.39 is 0 Å². The number of nitrogens with zero attached hydrogens (tertiary/aromatic N) is 3. The summed E-state index contributed by atoms with van der Waals surface area (Å²) in [5.74, 6) is 0.571. The van der Waals surface area contributed by atoms with Crippen molar-refractivity contribution in [2.45, 2.75) is 6.42 Å². The molecule has 0 aliphatic rings. The molecule has 2 N–H and O–H groups in total. The highest BCUT2D eigenvalue weighted by Gasteiger charge is 2.09. The van der Waals surface area contributed by atoms with Gasteiger partial charge in [-0.1, -0.05) is 11.6 Å². The number of hydrogen-bond donors (Lipinski definition) is 1. The van der Waals surface area contributed by atoms with Crippen molar-refractivity contribution in [3.63, 3.8) is 0 Å². The first-order valence-electron chi connectivity index (χ1n) is 6.50. The monoisotopic (exact) mass is 300 g/mol. The van der Waals surface area contributed by atoms with E-state index in [9.17, 15) is 0 Å². The summed E-state index contributed by atoms with van der Waals surface area (Å²) in [4.78, 5) is 12.6. The molecule has 3 aromatic rings. The topological polar surface area (TPSA) is 73.9 Å². The van der Waals surface area contributed by atoms with E-state index in [1.807, 2.05) is 12.1 Å². The predicted octanol–water partition coefficient (Wildman–Crippen LogP) is 2.97. The maximum Gasteiger partial charge on any atom is 0.321 e. The van der Waals surface area contributed by atoms with Crippen LogP contribution >= 0.6 is 11.6 Å². The Labute approximate surface area is 126 Å². The van der Waals surface area contributed by atoms with Gasteiger partial charge in [-0.2, -0.15) is 0 Å². The molecule has 5 nitrogen and oxygen atoms in total. The lowest BCUT2D eigenvalue weighted by molar-refractivity contribution is 0.445. The van der Waals surface area contributed by atoms with Crippen LogP contribution in [0.15, 0.2) is 42.9 Å².